The van der Waals surface area contributed by atoms with Crippen molar-refractivity contribution in [2.24, 2.45) is 0 Å². The van der Waals surface area contributed by atoms with Crippen molar-refractivity contribution in [2.75, 3.05) is 0 Å². The van der Waals surface area contributed by atoms with Crippen molar-refractivity contribution in [1.29, 1.82) is 0 Å². The van der Waals surface area contributed by atoms with E-state index in [4.69, 9.17) is 7.85 Å². The molecule has 0 spiro atoms. The van der Waals surface area contributed by atoms with Crippen molar-refractivity contribution in [3.63, 3.8) is 0 Å². The Bertz CT molecular complexity index is 209. The van der Waals surface area contributed by atoms with Crippen LogP contribution in [-0.4, -0.2) is 7.85 Å². The molecule has 0 fully saturated rings. The van der Waals surface area contributed by atoms with E-state index in [0.29, 0.717) is 0 Å². The number of hydrogen-bond donors (Lipinski definition) is 0. The van der Waals surface area contributed by atoms with Crippen molar-refractivity contribution >= 4 is 7.85 Å². The molecule has 0 aliphatic carbocycles. The third kappa shape index (κ3) is 9.59. The lowest BCUT2D eigenvalue weighted by Gasteiger charge is -2.18. The average molecular weight is 204 g/mol. The molecule has 0 aliphatic rings. The summed E-state index contributed by atoms with van der Waals surface area (Å²) < 4.78 is 0. The summed E-state index contributed by atoms with van der Waals surface area (Å²) in [5.74, 6) is 0. The molecule has 1 aromatic carbocycles. The molecule has 0 N–H and O–H groups in total. The molecule has 0 nitrogen and oxygen atoms in total. The van der Waals surface area contributed by atoms with Crippen LogP contribution in [0.25, 0.3) is 0 Å². The molecule has 0 saturated heterocycles. The van der Waals surface area contributed by atoms with E-state index >= 15 is 0 Å². The number of rotatable bonds is 1. The first-order valence-corrected chi connectivity index (χ1v) is 5.86. The summed E-state index contributed by atoms with van der Waals surface area (Å²) in [7, 11) is 5.86. The molecule has 84 valence electrons. The van der Waals surface area contributed by atoms with Crippen LogP contribution in [-0.2, 0) is 5.31 Å². The summed E-state index contributed by atoms with van der Waals surface area (Å²) in [6, 6.07) is 10.1. The van der Waals surface area contributed by atoms with E-state index < -0.39 is 0 Å². The van der Waals surface area contributed by atoms with Crippen LogP contribution in [0.1, 0.15) is 53.5 Å². The van der Waals surface area contributed by atoms with Crippen LogP contribution >= 0.6 is 0 Å². The van der Waals surface area contributed by atoms with Crippen molar-refractivity contribution in [3.8, 4) is 0 Å². The van der Waals surface area contributed by atoms with E-state index in [1.54, 1.807) is 0 Å². The Labute approximate surface area is 97.5 Å². The molecule has 15 heavy (non-hydrogen) atoms. The van der Waals surface area contributed by atoms with Crippen LogP contribution < -0.4 is 0 Å². The Balaban J connectivity index is 0. The largest absolute Gasteiger partial charge is 0.0802 e. The molecule has 0 unspecified atom stereocenters. The molecule has 0 atom stereocenters. The summed E-state index contributed by atoms with van der Waals surface area (Å²) in [6.07, 6.45) is 1.25. The Kier molecular flexibility index (Phi) is 10.9. The Morgan fingerprint density at radius 3 is 1.53 bits per heavy atom. The Morgan fingerprint density at radius 1 is 1.00 bits per heavy atom. The number of benzene rings is 1. The lowest BCUT2D eigenvalue weighted by atomic mass is 9.67. The van der Waals surface area contributed by atoms with E-state index in [-0.39, 0.29) is 5.31 Å². The monoisotopic (exact) mass is 204 g/mol. The van der Waals surface area contributed by atoms with Gasteiger partial charge in [0, 0.05) is 0 Å². The van der Waals surface area contributed by atoms with Gasteiger partial charge in [0.25, 0.3) is 0 Å². The quantitative estimate of drug-likeness (QED) is 0.589. The van der Waals surface area contributed by atoms with Crippen molar-refractivity contribution < 1.29 is 0 Å². The van der Waals surface area contributed by atoms with Gasteiger partial charge in [-0.3, -0.25) is 0 Å². The Hall–Kier alpha value is -0.715. The zero-order valence-electron chi connectivity index (χ0n) is 11.2. The van der Waals surface area contributed by atoms with E-state index in [9.17, 15) is 0 Å². The molecule has 0 amide bonds. The van der Waals surface area contributed by atoms with Crippen LogP contribution in [0.5, 0.6) is 0 Å². The summed E-state index contributed by atoms with van der Waals surface area (Å²) in [5.41, 5.74) is 1.18. The SMILES string of the molecule is CC.CCC.[B]C(C)(C)c1ccccc1. The van der Waals surface area contributed by atoms with Gasteiger partial charge in [-0.2, -0.15) is 0 Å². The minimum absolute atomic E-state index is 0.207. The highest BCUT2D eigenvalue weighted by molar-refractivity contribution is 6.15. The van der Waals surface area contributed by atoms with Gasteiger partial charge in [-0.15, -0.1) is 0 Å². The van der Waals surface area contributed by atoms with Crippen molar-refractivity contribution in [1.82, 2.24) is 0 Å². The van der Waals surface area contributed by atoms with Gasteiger partial charge in [0.1, 0.15) is 0 Å². The molecular weight excluding hydrogens is 179 g/mol. The second-order valence-electron chi connectivity index (χ2n) is 3.79. The lowest BCUT2D eigenvalue weighted by Crippen LogP contribution is -2.15. The van der Waals surface area contributed by atoms with Crippen LogP contribution in [0, 0.1) is 0 Å². The van der Waals surface area contributed by atoms with Gasteiger partial charge in [-0.25, -0.2) is 0 Å². The maximum absolute atomic E-state index is 5.86. The second kappa shape index (κ2) is 9.83. The highest BCUT2D eigenvalue weighted by atomic mass is 14.1. The number of hydrogen-bond acceptors (Lipinski definition) is 0. The minimum Gasteiger partial charge on any atom is -0.0683 e. The Morgan fingerprint density at radius 2 is 1.33 bits per heavy atom. The fourth-order valence-corrected chi connectivity index (χ4v) is 0.868. The van der Waals surface area contributed by atoms with Crippen LogP contribution in [0.3, 0.4) is 0 Å². The average Bonchev–Trinajstić information content (AvgIpc) is 2.22. The smallest absolute Gasteiger partial charge is 0.0683 e. The lowest BCUT2D eigenvalue weighted by molar-refractivity contribution is 0.764. The van der Waals surface area contributed by atoms with Crippen LogP contribution in [0.15, 0.2) is 30.3 Å². The highest BCUT2D eigenvalue weighted by Gasteiger charge is 2.10. The van der Waals surface area contributed by atoms with Crippen molar-refractivity contribution in [2.45, 2.75) is 53.3 Å². The fraction of sp³-hybridized carbons (Fsp3) is 0.571. The van der Waals surface area contributed by atoms with E-state index in [1.807, 2.05) is 58.0 Å². The summed E-state index contributed by atoms with van der Waals surface area (Å²) in [6.45, 7) is 12.3. The summed E-state index contributed by atoms with van der Waals surface area (Å²) in [5, 5.41) is -0.207. The molecule has 1 heteroatoms. The first-order valence-electron chi connectivity index (χ1n) is 5.86. The zero-order valence-corrected chi connectivity index (χ0v) is 11.2. The fourth-order valence-electron chi connectivity index (χ4n) is 0.868. The summed E-state index contributed by atoms with van der Waals surface area (Å²) in [4.78, 5) is 0. The van der Waals surface area contributed by atoms with Gasteiger partial charge >= 0.3 is 0 Å². The van der Waals surface area contributed by atoms with E-state index in [0.717, 1.165) is 0 Å². The van der Waals surface area contributed by atoms with Gasteiger partial charge in [0.2, 0.25) is 0 Å². The van der Waals surface area contributed by atoms with Crippen LogP contribution in [0.4, 0.5) is 0 Å². The molecule has 0 aliphatic heterocycles. The molecule has 2 radical (unpaired) electrons. The van der Waals surface area contributed by atoms with Crippen molar-refractivity contribution in [3.05, 3.63) is 35.9 Å². The van der Waals surface area contributed by atoms with E-state index in [2.05, 4.69) is 13.8 Å². The predicted molar refractivity (Wildman–Crippen MR) is 72.5 cm³/mol. The minimum atomic E-state index is -0.207. The third-order valence-corrected chi connectivity index (χ3v) is 1.52. The predicted octanol–water partition coefficient (Wildman–Crippen LogP) is 4.53. The van der Waals surface area contributed by atoms with E-state index in [1.165, 1.54) is 12.0 Å². The molecule has 0 heterocycles. The highest BCUT2D eigenvalue weighted by Crippen LogP contribution is 2.17. The maximum atomic E-state index is 5.86. The summed E-state index contributed by atoms with van der Waals surface area (Å²) >= 11 is 0. The molecule has 0 bridgehead atoms. The third-order valence-electron chi connectivity index (χ3n) is 1.52. The zero-order chi connectivity index (χ0) is 12.3. The van der Waals surface area contributed by atoms with Gasteiger partial charge in [0.15, 0.2) is 0 Å². The maximum Gasteiger partial charge on any atom is 0.0802 e. The second-order valence-corrected chi connectivity index (χ2v) is 3.79. The van der Waals surface area contributed by atoms with Crippen LogP contribution in [0.2, 0.25) is 0 Å². The van der Waals surface area contributed by atoms with Gasteiger partial charge in [-0.05, 0) is 5.31 Å². The topological polar surface area (TPSA) is 0 Å². The van der Waals surface area contributed by atoms with Gasteiger partial charge in [-0.1, -0.05) is 83.9 Å². The molecular formula is C14H25B. The molecule has 1 rings (SSSR count). The molecule has 0 saturated carbocycles. The van der Waals surface area contributed by atoms with Gasteiger partial charge < -0.3 is 0 Å². The normalized spacial score (nSPS) is 9.20. The standard InChI is InChI=1S/C9H11B.C3H8.C2H6/c1-9(2,10)8-6-4-3-5-7-8;1-3-2;1-2/h3-7H,1-2H3;3H2,1-2H3;1-2H3. The molecule has 1 aromatic rings. The first kappa shape index (κ1) is 16.7. The first-order chi connectivity index (χ1) is 7.02. The van der Waals surface area contributed by atoms with Gasteiger partial charge in [0.05, 0.1) is 7.85 Å². The molecule has 0 aromatic heterocycles.